The van der Waals surface area contributed by atoms with E-state index in [0.717, 1.165) is 12.8 Å². The van der Waals surface area contributed by atoms with E-state index in [1.165, 1.54) is 19.3 Å². The molecule has 5 nitrogen and oxygen atoms in total. The minimum Gasteiger partial charge on any atom is -0.481 e. The highest BCUT2D eigenvalue weighted by molar-refractivity contribution is 5.76. The van der Waals surface area contributed by atoms with E-state index in [-0.39, 0.29) is 18.1 Å². The lowest BCUT2D eigenvalue weighted by molar-refractivity contribution is -0.140. The highest BCUT2D eigenvalue weighted by atomic mass is 16.4. The Labute approximate surface area is 107 Å². The third kappa shape index (κ3) is 3.48. The molecular weight excluding hydrogens is 232 g/mol. The maximum Gasteiger partial charge on any atom is 0.315 e. The number of carboxylic acid groups (broad SMARTS) is 1. The average Bonchev–Trinajstić information content (AvgIpc) is 2.78. The third-order valence-electron chi connectivity index (χ3n) is 3.66. The smallest absolute Gasteiger partial charge is 0.315 e. The Hall–Kier alpha value is -1.52. The van der Waals surface area contributed by atoms with Gasteiger partial charge in [0.2, 0.25) is 0 Å². The molecule has 18 heavy (non-hydrogen) atoms. The fourth-order valence-electron chi connectivity index (χ4n) is 2.63. The first-order valence-electron chi connectivity index (χ1n) is 6.63. The van der Waals surface area contributed by atoms with Crippen molar-refractivity contribution in [3.8, 4) is 0 Å². The number of rotatable bonds is 3. The van der Waals surface area contributed by atoms with Crippen LogP contribution in [-0.2, 0) is 4.79 Å². The van der Waals surface area contributed by atoms with Gasteiger partial charge < -0.3 is 15.7 Å². The number of nitrogens with one attached hydrogen (secondary N) is 2. The topological polar surface area (TPSA) is 78.4 Å². The molecule has 2 aliphatic carbocycles. The van der Waals surface area contributed by atoms with Crippen molar-refractivity contribution >= 4 is 12.0 Å². The Kier molecular flexibility index (Phi) is 4.23. The Morgan fingerprint density at radius 2 is 1.78 bits per heavy atom. The number of carbonyl (C=O) groups is 2. The fraction of sp³-hybridized carbons (Fsp3) is 0.692. The van der Waals surface area contributed by atoms with Crippen LogP contribution in [0.15, 0.2) is 12.2 Å². The van der Waals surface area contributed by atoms with Crippen molar-refractivity contribution in [2.45, 2.75) is 50.6 Å². The standard InChI is InChI=1S/C13H20N2O3/c16-12(17)9-6-7-11(8-9)15-13(18)14-10-4-2-1-3-5-10/h6-7,9-11H,1-5,8H2,(H,16,17)(H2,14,15,18). The van der Waals surface area contributed by atoms with Crippen LogP contribution in [-0.4, -0.2) is 29.2 Å². The fourth-order valence-corrected chi connectivity index (χ4v) is 2.63. The van der Waals surface area contributed by atoms with Crippen molar-refractivity contribution in [1.82, 2.24) is 10.6 Å². The molecular formula is C13H20N2O3. The zero-order chi connectivity index (χ0) is 13.0. The molecule has 2 atom stereocenters. The maximum atomic E-state index is 11.7. The minimum absolute atomic E-state index is 0.158. The van der Waals surface area contributed by atoms with Crippen molar-refractivity contribution in [2.75, 3.05) is 0 Å². The van der Waals surface area contributed by atoms with Gasteiger partial charge in [-0.3, -0.25) is 4.79 Å². The van der Waals surface area contributed by atoms with Crippen molar-refractivity contribution < 1.29 is 14.7 Å². The van der Waals surface area contributed by atoms with Gasteiger partial charge >= 0.3 is 12.0 Å². The van der Waals surface area contributed by atoms with Crippen LogP contribution in [0.3, 0.4) is 0 Å². The van der Waals surface area contributed by atoms with Gasteiger partial charge in [0.1, 0.15) is 0 Å². The van der Waals surface area contributed by atoms with E-state index in [9.17, 15) is 9.59 Å². The van der Waals surface area contributed by atoms with Gasteiger partial charge in [0, 0.05) is 6.04 Å². The summed E-state index contributed by atoms with van der Waals surface area (Å²) >= 11 is 0. The highest BCUT2D eigenvalue weighted by Crippen LogP contribution is 2.19. The second-order valence-corrected chi connectivity index (χ2v) is 5.12. The summed E-state index contributed by atoms with van der Waals surface area (Å²) in [5.41, 5.74) is 0. The molecule has 0 saturated heterocycles. The molecule has 1 fully saturated rings. The predicted octanol–water partition coefficient (Wildman–Crippen LogP) is 1.65. The minimum atomic E-state index is -0.830. The molecule has 0 spiro atoms. The first-order valence-corrected chi connectivity index (χ1v) is 6.63. The van der Waals surface area contributed by atoms with E-state index < -0.39 is 11.9 Å². The average molecular weight is 252 g/mol. The quantitative estimate of drug-likeness (QED) is 0.668. The van der Waals surface area contributed by atoms with Crippen molar-refractivity contribution in [3.05, 3.63) is 12.2 Å². The Bertz CT molecular complexity index is 348. The van der Waals surface area contributed by atoms with Crippen LogP contribution in [0, 0.1) is 5.92 Å². The van der Waals surface area contributed by atoms with E-state index in [0.29, 0.717) is 6.42 Å². The van der Waals surface area contributed by atoms with Gasteiger partial charge in [-0.1, -0.05) is 31.4 Å². The maximum absolute atomic E-state index is 11.7. The molecule has 1 saturated carbocycles. The van der Waals surface area contributed by atoms with E-state index >= 15 is 0 Å². The van der Waals surface area contributed by atoms with Gasteiger partial charge in [-0.25, -0.2) is 4.79 Å². The normalized spacial score (nSPS) is 28.0. The summed E-state index contributed by atoms with van der Waals surface area (Å²) in [7, 11) is 0. The number of hydrogen-bond donors (Lipinski definition) is 3. The summed E-state index contributed by atoms with van der Waals surface area (Å²) in [5, 5.41) is 14.6. The van der Waals surface area contributed by atoms with Crippen LogP contribution in [0.2, 0.25) is 0 Å². The van der Waals surface area contributed by atoms with Crippen LogP contribution in [0.25, 0.3) is 0 Å². The van der Waals surface area contributed by atoms with Crippen LogP contribution in [0.5, 0.6) is 0 Å². The second kappa shape index (κ2) is 5.89. The molecule has 0 aliphatic heterocycles. The van der Waals surface area contributed by atoms with E-state index in [4.69, 9.17) is 5.11 Å². The van der Waals surface area contributed by atoms with E-state index in [2.05, 4.69) is 10.6 Å². The molecule has 0 aromatic carbocycles. The molecule has 0 aromatic heterocycles. The summed E-state index contributed by atoms with van der Waals surface area (Å²) in [4.78, 5) is 22.5. The molecule has 0 aromatic rings. The zero-order valence-electron chi connectivity index (χ0n) is 10.4. The lowest BCUT2D eigenvalue weighted by Crippen LogP contribution is -2.46. The Morgan fingerprint density at radius 1 is 1.06 bits per heavy atom. The van der Waals surface area contributed by atoms with E-state index in [1.54, 1.807) is 12.2 Å². The monoisotopic (exact) mass is 252 g/mol. The van der Waals surface area contributed by atoms with Gasteiger partial charge in [-0.15, -0.1) is 0 Å². The zero-order valence-corrected chi connectivity index (χ0v) is 10.4. The van der Waals surface area contributed by atoms with Crippen molar-refractivity contribution in [1.29, 1.82) is 0 Å². The lowest BCUT2D eigenvalue weighted by Gasteiger charge is -2.23. The van der Waals surface area contributed by atoms with Crippen LogP contribution < -0.4 is 10.6 Å². The predicted molar refractivity (Wildman–Crippen MR) is 67.2 cm³/mol. The number of carbonyl (C=O) groups excluding carboxylic acids is 1. The molecule has 2 rings (SSSR count). The number of urea groups is 1. The number of hydrogen-bond acceptors (Lipinski definition) is 2. The molecule has 2 aliphatic rings. The van der Waals surface area contributed by atoms with Crippen LogP contribution >= 0.6 is 0 Å². The molecule has 2 amide bonds. The third-order valence-corrected chi connectivity index (χ3v) is 3.66. The second-order valence-electron chi connectivity index (χ2n) is 5.12. The summed E-state index contributed by atoms with van der Waals surface area (Å²) in [6, 6.07) is -0.0586. The molecule has 0 radical (unpaired) electrons. The van der Waals surface area contributed by atoms with Gasteiger partial charge in [0.05, 0.1) is 12.0 Å². The lowest BCUT2D eigenvalue weighted by atomic mass is 9.96. The van der Waals surface area contributed by atoms with Gasteiger partial charge in [0.25, 0.3) is 0 Å². The van der Waals surface area contributed by atoms with Crippen molar-refractivity contribution in [2.24, 2.45) is 5.92 Å². The molecule has 3 N–H and O–H groups in total. The summed E-state index contributed by atoms with van der Waals surface area (Å²) in [6.45, 7) is 0. The molecule has 100 valence electrons. The summed E-state index contributed by atoms with van der Waals surface area (Å²) in [6.07, 6.45) is 9.56. The summed E-state index contributed by atoms with van der Waals surface area (Å²) < 4.78 is 0. The van der Waals surface area contributed by atoms with Gasteiger partial charge in [-0.05, 0) is 19.3 Å². The first-order chi connectivity index (χ1) is 8.65. The molecule has 0 heterocycles. The van der Waals surface area contributed by atoms with Crippen LogP contribution in [0.1, 0.15) is 38.5 Å². The number of aliphatic carboxylic acids is 1. The first kappa shape index (κ1) is 12.9. The van der Waals surface area contributed by atoms with E-state index in [1.807, 2.05) is 0 Å². The molecule has 2 unspecified atom stereocenters. The molecule has 5 heteroatoms. The Morgan fingerprint density at radius 3 is 2.39 bits per heavy atom. The number of carboxylic acids is 1. The van der Waals surface area contributed by atoms with Crippen LogP contribution in [0.4, 0.5) is 4.79 Å². The van der Waals surface area contributed by atoms with Crippen molar-refractivity contribution in [3.63, 3.8) is 0 Å². The highest BCUT2D eigenvalue weighted by Gasteiger charge is 2.26. The largest absolute Gasteiger partial charge is 0.481 e. The van der Waals surface area contributed by atoms with Gasteiger partial charge in [-0.2, -0.15) is 0 Å². The summed E-state index contributed by atoms with van der Waals surface area (Å²) in [5.74, 6) is -1.30. The molecule has 0 bridgehead atoms. The Balaban J connectivity index is 1.72. The van der Waals surface area contributed by atoms with Gasteiger partial charge in [0.15, 0.2) is 0 Å². The number of amides is 2. The SMILES string of the molecule is O=C(NC1C=CC(C(=O)O)C1)NC1CCCCC1.